The summed E-state index contributed by atoms with van der Waals surface area (Å²) in [5.74, 6) is -1.08. The van der Waals surface area contributed by atoms with E-state index >= 15 is 0 Å². The van der Waals surface area contributed by atoms with Crippen molar-refractivity contribution in [2.75, 3.05) is 7.05 Å². The Bertz CT molecular complexity index is 780. The van der Waals surface area contributed by atoms with Crippen molar-refractivity contribution in [1.29, 1.82) is 0 Å². The van der Waals surface area contributed by atoms with Gasteiger partial charge in [0.25, 0.3) is 0 Å². The molecule has 1 unspecified atom stereocenters. The minimum absolute atomic E-state index is 0.0553. The topological polar surface area (TPSA) is 12.0 Å². The molecule has 0 aliphatic heterocycles. The highest BCUT2D eigenvalue weighted by Crippen LogP contribution is 2.38. The maximum absolute atomic E-state index is 14.1. The third-order valence-electron chi connectivity index (χ3n) is 3.47. The Kier molecular flexibility index (Phi) is 4.06. The van der Waals surface area contributed by atoms with Crippen molar-refractivity contribution < 1.29 is 8.78 Å². The van der Waals surface area contributed by atoms with Crippen LogP contribution in [0.15, 0.2) is 46.3 Å². The van der Waals surface area contributed by atoms with E-state index in [9.17, 15) is 8.78 Å². The Morgan fingerprint density at radius 1 is 1.10 bits per heavy atom. The van der Waals surface area contributed by atoms with E-state index < -0.39 is 17.7 Å². The van der Waals surface area contributed by atoms with Crippen LogP contribution in [0.5, 0.6) is 0 Å². The second-order valence-corrected chi connectivity index (χ2v) is 6.40. The smallest absolute Gasteiger partial charge is 0.131 e. The van der Waals surface area contributed by atoms with E-state index in [1.54, 1.807) is 18.4 Å². The van der Waals surface area contributed by atoms with E-state index in [4.69, 9.17) is 0 Å². The first-order valence-electron chi connectivity index (χ1n) is 6.40. The highest BCUT2D eigenvalue weighted by molar-refractivity contribution is 9.10. The van der Waals surface area contributed by atoms with E-state index in [2.05, 4.69) is 21.2 Å². The lowest BCUT2D eigenvalue weighted by atomic mass is 9.97. The Balaban J connectivity index is 2.22. The van der Waals surface area contributed by atoms with Crippen molar-refractivity contribution in [2.45, 2.75) is 6.04 Å². The van der Waals surface area contributed by atoms with Crippen LogP contribution in [0.1, 0.15) is 17.2 Å². The van der Waals surface area contributed by atoms with Gasteiger partial charge in [-0.25, -0.2) is 8.78 Å². The fourth-order valence-corrected chi connectivity index (χ4v) is 4.16. The van der Waals surface area contributed by atoms with Crippen molar-refractivity contribution in [3.8, 4) is 0 Å². The molecule has 1 N–H and O–H groups in total. The second kappa shape index (κ2) is 5.83. The van der Waals surface area contributed by atoms with Gasteiger partial charge in [0.15, 0.2) is 0 Å². The molecule has 0 amide bonds. The number of halogens is 3. The summed E-state index contributed by atoms with van der Waals surface area (Å²) >= 11 is 5.07. The molecule has 1 aromatic heterocycles. The molecule has 2 aromatic carbocycles. The standard InChI is InChI=1S/C16H12BrF2NS/c1-20-15(14-12(18)6-3-7-13(14)19)10-8-21-16-9(10)4-2-5-11(16)17/h2-8,15,20H,1H3. The van der Waals surface area contributed by atoms with Crippen molar-refractivity contribution in [1.82, 2.24) is 5.32 Å². The molecule has 1 heterocycles. The van der Waals surface area contributed by atoms with Gasteiger partial charge in [0, 0.05) is 14.7 Å². The molecule has 0 saturated heterocycles. The molecule has 0 aliphatic rings. The molecule has 0 saturated carbocycles. The number of thiophene rings is 1. The molecule has 0 bridgehead atoms. The van der Waals surface area contributed by atoms with E-state index in [1.165, 1.54) is 18.2 Å². The van der Waals surface area contributed by atoms with Crippen LogP contribution in [0.2, 0.25) is 0 Å². The van der Waals surface area contributed by atoms with Gasteiger partial charge in [0.2, 0.25) is 0 Å². The van der Waals surface area contributed by atoms with E-state index in [-0.39, 0.29) is 5.56 Å². The molecule has 1 nitrogen and oxygen atoms in total. The number of hydrogen-bond donors (Lipinski definition) is 1. The molecule has 0 spiro atoms. The number of hydrogen-bond acceptors (Lipinski definition) is 2. The summed E-state index contributed by atoms with van der Waals surface area (Å²) in [6.45, 7) is 0. The largest absolute Gasteiger partial charge is 0.309 e. The average Bonchev–Trinajstić information content (AvgIpc) is 2.88. The fourth-order valence-electron chi connectivity index (χ4n) is 2.51. The zero-order valence-electron chi connectivity index (χ0n) is 11.2. The van der Waals surface area contributed by atoms with Crippen LogP contribution in [0.25, 0.3) is 10.1 Å². The number of benzene rings is 2. The fraction of sp³-hybridized carbons (Fsp3) is 0.125. The molecule has 0 fully saturated rings. The molecule has 0 radical (unpaired) electrons. The highest BCUT2D eigenvalue weighted by atomic mass is 79.9. The van der Waals surface area contributed by atoms with Crippen molar-refractivity contribution in [3.05, 3.63) is 69.0 Å². The van der Waals surface area contributed by atoms with Crippen LogP contribution in [0.3, 0.4) is 0 Å². The molecular weight excluding hydrogens is 356 g/mol. The van der Waals surface area contributed by atoms with E-state index in [0.717, 1.165) is 20.1 Å². The molecule has 108 valence electrons. The lowest BCUT2D eigenvalue weighted by Crippen LogP contribution is -2.20. The lowest BCUT2D eigenvalue weighted by Gasteiger charge is -2.18. The molecule has 0 aliphatic carbocycles. The predicted molar refractivity (Wildman–Crippen MR) is 86.8 cm³/mol. The summed E-state index contributed by atoms with van der Waals surface area (Å²) in [5.41, 5.74) is 0.933. The average molecular weight is 368 g/mol. The first kappa shape index (κ1) is 14.6. The lowest BCUT2D eigenvalue weighted by molar-refractivity contribution is 0.523. The number of nitrogens with one attached hydrogen (secondary N) is 1. The zero-order chi connectivity index (χ0) is 15.0. The number of fused-ring (bicyclic) bond motifs is 1. The summed E-state index contributed by atoms with van der Waals surface area (Å²) in [7, 11) is 1.71. The van der Waals surface area contributed by atoms with Gasteiger partial charge < -0.3 is 5.32 Å². The van der Waals surface area contributed by atoms with Crippen LogP contribution >= 0.6 is 27.3 Å². The summed E-state index contributed by atoms with van der Waals surface area (Å²) in [5, 5.41) is 5.97. The maximum atomic E-state index is 14.1. The van der Waals surface area contributed by atoms with Crippen LogP contribution in [0, 0.1) is 11.6 Å². The Hall–Kier alpha value is -1.30. The first-order chi connectivity index (χ1) is 10.1. The van der Waals surface area contributed by atoms with Gasteiger partial charge in [0.05, 0.1) is 6.04 Å². The third-order valence-corrected chi connectivity index (χ3v) is 5.44. The summed E-state index contributed by atoms with van der Waals surface area (Å²) in [6.07, 6.45) is 0. The molecule has 3 rings (SSSR count). The zero-order valence-corrected chi connectivity index (χ0v) is 13.6. The Morgan fingerprint density at radius 2 is 1.76 bits per heavy atom. The van der Waals surface area contributed by atoms with Crippen molar-refractivity contribution in [2.24, 2.45) is 0 Å². The SMILES string of the molecule is CNC(c1c(F)cccc1F)c1csc2c(Br)cccc12. The summed E-state index contributed by atoms with van der Waals surface area (Å²) in [6, 6.07) is 9.28. The van der Waals surface area contributed by atoms with Gasteiger partial charge in [-0.1, -0.05) is 18.2 Å². The van der Waals surface area contributed by atoms with Crippen molar-refractivity contribution >= 4 is 37.4 Å². The van der Waals surface area contributed by atoms with Crippen LogP contribution in [0.4, 0.5) is 8.78 Å². The van der Waals surface area contributed by atoms with Gasteiger partial charge in [0.1, 0.15) is 11.6 Å². The van der Waals surface area contributed by atoms with E-state index in [0.29, 0.717) is 0 Å². The summed E-state index contributed by atoms with van der Waals surface area (Å²) in [4.78, 5) is 0. The van der Waals surface area contributed by atoms with Gasteiger partial charge in [-0.15, -0.1) is 11.3 Å². The van der Waals surface area contributed by atoms with Crippen molar-refractivity contribution in [3.63, 3.8) is 0 Å². The molecule has 3 aromatic rings. The highest BCUT2D eigenvalue weighted by Gasteiger charge is 2.23. The Morgan fingerprint density at radius 3 is 2.43 bits per heavy atom. The Labute approximate surface area is 133 Å². The van der Waals surface area contributed by atoms with Gasteiger partial charge in [-0.3, -0.25) is 0 Å². The van der Waals surface area contributed by atoms with Crippen LogP contribution in [-0.4, -0.2) is 7.05 Å². The monoisotopic (exact) mass is 367 g/mol. The maximum Gasteiger partial charge on any atom is 0.131 e. The third kappa shape index (κ3) is 2.50. The molecule has 1 atom stereocenters. The predicted octanol–water partition coefficient (Wildman–Crippen LogP) is 5.25. The quantitative estimate of drug-likeness (QED) is 0.666. The van der Waals surface area contributed by atoms with Crippen LogP contribution in [-0.2, 0) is 0 Å². The minimum atomic E-state index is -0.538. The molecule has 21 heavy (non-hydrogen) atoms. The van der Waals surface area contributed by atoms with Gasteiger partial charge in [-0.05, 0) is 57.5 Å². The van der Waals surface area contributed by atoms with Gasteiger partial charge in [-0.2, -0.15) is 0 Å². The number of rotatable bonds is 3. The normalized spacial score (nSPS) is 12.8. The molecule has 5 heteroatoms. The minimum Gasteiger partial charge on any atom is -0.309 e. The van der Waals surface area contributed by atoms with Crippen LogP contribution < -0.4 is 5.32 Å². The second-order valence-electron chi connectivity index (χ2n) is 4.66. The summed E-state index contributed by atoms with van der Waals surface area (Å²) < 4.78 is 30.2. The van der Waals surface area contributed by atoms with E-state index in [1.807, 2.05) is 23.6 Å². The molecular formula is C16H12BrF2NS. The van der Waals surface area contributed by atoms with Gasteiger partial charge >= 0.3 is 0 Å². The first-order valence-corrected chi connectivity index (χ1v) is 8.07.